The van der Waals surface area contributed by atoms with Crippen LogP contribution < -0.4 is 14.7 Å². The van der Waals surface area contributed by atoms with Gasteiger partial charge in [-0.25, -0.2) is 9.96 Å². The highest BCUT2D eigenvalue weighted by Crippen LogP contribution is 2.48. The number of fused-ring (bicyclic) bond motifs is 1. The lowest BCUT2D eigenvalue weighted by molar-refractivity contribution is -0.384. The van der Waals surface area contributed by atoms with Crippen molar-refractivity contribution in [2.24, 2.45) is 5.92 Å². The second-order valence-electron chi connectivity index (χ2n) is 7.72. The van der Waals surface area contributed by atoms with Crippen LogP contribution in [0.15, 0.2) is 78.9 Å². The fraction of sp³-hybridized carbons (Fsp3) is 0.167. The first-order chi connectivity index (χ1) is 16.0. The lowest BCUT2D eigenvalue weighted by atomic mass is 9.90. The van der Waals surface area contributed by atoms with Crippen LogP contribution in [0.5, 0.6) is 5.75 Å². The van der Waals surface area contributed by atoms with Gasteiger partial charge in [-0.15, -0.1) is 0 Å². The Morgan fingerprint density at radius 2 is 1.64 bits per heavy atom. The maximum Gasteiger partial charge on any atom is 0.269 e. The van der Waals surface area contributed by atoms with Gasteiger partial charge in [0.2, 0.25) is 5.91 Å². The van der Waals surface area contributed by atoms with Crippen molar-refractivity contribution < 1.29 is 24.1 Å². The van der Waals surface area contributed by atoms with E-state index in [4.69, 9.17) is 9.57 Å². The number of hydrogen-bond donors (Lipinski definition) is 0. The van der Waals surface area contributed by atoms with E-state index < -0.39 is 34.8 Å². The molecule has 9 heteroatoms. The summed E-state index contributed by atoms with van der Waals surface area (Å²) in [6, 6.07) is 21.3. The molecule has 2 amide bonds. The number of imide groups is 1. The number of methoxy groups -OCH3 is 1. The summed E-state index contributed by atoms with van der Waals surface area (Å²) in [6.45, 7) is 0. The first-order valence-electron chi connectivity index (χ1n) is 10.3. The molecule has 3 aromatic rings. The molecule has 0 saturated carbocycles. The van der Waals surface area contributed by atoms with Gasteiger partial charge in [0, 0.05) is 12.1 Å². The topological polar surface area (TPSA) is 102 Å². The van der Waals surface area contributed by atoms with Crippen LogP contribution in [-0.4, -0.2) is 30.0 Å². The molecule has 3 atom stereocenters. The molecule has 2 saturated heterocycles. The number of nitro benzene ring substituents is 1. The summed E-state index contributed by atoms with van der Waals surface area (Å²) in [6.07, 6.45) is -1.02. The first-order valence-corrected chi connectivity index (χ1v) is 10.3. The first kappa shape index (κ1) is 20.7. The molecule has 5 rings (SSSR count). The van der Waals surface area contributed by atoms with Crippen molar-refractivity contribution in [1.82, 2.24) is 0 Å². The number of nitro groups is 1. The molecule has 2 heterocycles. The van der Waals surface area contributed by atoms with Crippen molar-refractivity contribution in [3.63, 3.8) is 0 Å². The van der Waals surface area contributed by atoms with E-state index in [0.717, 1.165) is 10.5 Å². The Kier molecular flexibility index (Phi) is 5.02. The predicted molar refractivity (Wildman–Crippen MR) is 119 cm³/mol. The van der Waals surface area contributed by atoms with Gasteiger partial charge in [0.25, 0.3) is 11.6 Å². The van der Waals surface area contributed by atoms with Crippen molar-refractivity contribution in [1.29, 1.82) is 0 Å². The number of hydrogen-bond acceptors (Lipinski definition) is 7. The molecule has 166 valence electrons. The molecule has 0 aromatic heterocycles. The van der Waals surface area contributed by atoms with Crippen LogP contribution in [-0.2, 0) is 14.4 Å². The molecule has 9 nitrogen and oxygen atoms in total. The summed E-state index contributed by atoms with van der Waals surface area (Å²) in [5.41, 5.74) is 1.61. The Morgan fingerprint density at radius 1 is 0.909 bits per heavy atom. The third-order valence-electron chi connectivity index (χ3n) is 5.88. The Balaban J connectivity index is 1.56. The van der Waals surface area contributed by atoms with Crippen LogP contribution in [0.4, 0.5) is 17.1 Å². The molecule has 0 radical (unpaired) electrons. The van der Waals surface area contributed by atoms with Gasteiger partial charge in [-0.3, -0.25) is 24.5 Å². The minimum atomic E-state index is -1.02. The summed E-state index contributed by atoms with van der Waals surface area (Å²) < 4.78 is 5.36. The number of para-hydroxylation sites is 1. The van der Waals surface area contributed by atoms with Crippen molar-refractivity contribution >= 4 is 28.9 Å². The number of benzene rings is 3. The van der Waals surface area contributed by atoms with Gasteiger partial charge in [-0.2, -0.15) is 0 Å². The van der Waals surface area contributed by atoms with Crippen molar-refractivity contribution in [2.75, 3.05) is 17.1 Å². The molecule has 0 unspecified atom stereocenters. The summed E-state index contributed by atoms with van der Waals surface area (Å²) in [7, 11) is 1.56. The lowest BCUT2D eigenvalue weighted by Crippen LogP contribution is -2.37. The maximum absolute atomic E-state index is 13.6. The summed E-state index contributed by atoms with van der Waals surface area (Å²) in [5.74, 6) is -1.12. The molecule has 2 aliphatic rings. The molecular weight excluding hydrogens is 426 g/mol. The molecule has 0 spiro atoms. The highest BCUT2D eigenvalue weighted by Gasteiger charge is 2.60. The standard InChI is InChI=1S/C24H19N3O6/c1-32-19-9-5-6-15(14-19)21-20-22(33-26(21)17-7-3-2-4-8-17)24(29)25(23(20)28)16-10-12-18(13-11-16)27(30)31/h2-14,20-22H,1H3/t20-,21+,22-/m1/s1. The molecule has 3 aromatic carbocycles. The zero-order chi connectivity index (χ0) is 23.1. The maximum atomic E-state index is 13.6. The number of non-ortho nitro benzene ring substituents is 1. The highest BCUT2D eigenvalue weighted by atomic mass is 16.7. The summed E-state index contributed by atoms with van der Waals surface area (Å²) in [4.78, 5) is 44.4. The van der Waals surface area contributed by atoms with E-state index in [1.807, 2.05) is 48.5 Å². The quantitative estimate of drug-likeness (QED) is 0.336. The lowest BCUT2D eigenvalue weighted by Gasteiger charge is -2.29. The number of ether oxygens (including phenoxy) is 1. The largest absolute Gasteiger partial charge is 0.497 e. The fourth-order valence-corrected chi connectivity index (χ4v) is 4.36. The van der Waals surface area contributed by atoms with Gasteiger partial charge in [-0.1, -0.05) is 30.3 Å². The minimum absolute atomic E-state index is 0.126. The predicted octanol–water partition coefficient (Wildman–Crippen LogP) is 3.65. The van der Waals surface area contributed by atoms with Crippen LogP contribution >= 0.6 is 0 Å². The number of amides is 2. The zero-order valence-electron chi connectivity index (χ0n) is 17.5. The number of nitrogens with zero attached hydrogens (tertiary/aromatic N) is 3. The Labute approximate surface area is 188 Å². The molecule has 33 heavy (non-hydrogen) atoms. The van der Waals surface area contributed by atoms with Crippen LogP contribution in [0.1, 0.15) is 11.6 Å². The van der Waals surface area contributed by atoms with Crippen molar-refractivity contribution in [3.8, 4) is 5.75 Å². The number of hydroxylamine groups is 1. The zero-order valence-corrected chi connectivity index (χ0v) is 17.5. The van der Waals surface area contributed by atoms with Gasteiger partial charge in [-0.05, 0) is 42.0 Å². The van der Waals surface area contributed by atoms with Crippen molar-refractivity contribution in [2.45, 2.75) is 12.1 Å². The third-order valence-corrected chi connectivity index (χ3v) is 5.88. The fourth-order valence-electron chi connectivity index (χ4n) is 4.36. The number of anilines is 2. The average Bonchev–Trinajstić information content (AvgIpc) is 3.35. The monoisotopic (exact) mass is 445 g/mol. The highest BCUT2D eigenvalue weighted by molar-refractivity contribution is 6.24. The molecular formula is C24H19N3O6. The van der Waals surface area contributed by atoms with Gasteiger partial charge in [0.1, 0.15) is 11.7 Å². The normalized spacial score (nSPS) is 21.9. The van der Waals surface area contributed by atoms with Gasteiger partial charge < -0.3 is 4.74 Å². The second-order valence-corrected chi connectivity index (χ2v) is 7.72. The van der Waals surface area contributed by atoms with E-state index in [2.05, 4.69) is 0 Å². The SMILES string of the molecule is COc1cccc([C@H]2[C@H]3C(=O)N(c4ccc([N+](=O)[O-])cc4)C(=O)[C@@H]3ON2c2ccccc2)c1. The van der Waals surface area contributed by atoms with E-state index in [9.17, 15) is 19.7 Å². The summed E-state index contributed by atoms with van der Waals surface area (Å²) >= 11 is 0. The molecule has 0 aliphatic carbocycles. The Hall–Kier alpha value is -4.24. The Morgan fingerprint density at radius 3 is 2.30 bits per heavy atom. The van der Waals surface area contributed by atoms with Gasteiger partial charge >= 0.3 is 0 Å². The van der Waals surface area contributed by atoms with E-state index in [0.29, 0.717) is 11.4 Å². The number of carbonyl (C=O) groups excluding carboxylic acids is 2. The molecule has 2 fully saturated rings. The smallest absolute Gasteiger partial charge is 0.269 e. The third kappa shape index (κ3) is 3.39. The molecule has 0 bridgehead atoms. The van der Waals surface area contributed by atoms with Gasteiger partial charge in [0.15, 0.2) is 6.10 Å². The minimum Gasteiger partial charge on any atom is -0.497 e. The van der Waals surface area contributed by atoms with Crippen molar-refractivity contribution in [3.05, 3.63) is 94.5 Å². The number of carbonyl (C=O) groups is 2. The van der Waals surface area contributed by atoms with E-state index >= 15 is 0 Å². The van der Waals surface area contributed by atoms with E-state index in [1.165, 1.54) is 24.3 Å². The van der Waals surface area contributed by atoms with E-state index in [1.54, 1.807) is 18.2 Å². The molecule has 0 N–H and O–H groups in total. The number of rotatable bonds is 5. The van der Waals surface area contributed by atoms with Crippen LogP contribution in [0.25, 0.3) is 0 Å². The average molecular weight is 445 g/mol. The van der Waals surface area contributed by atoms with Crippen LogP contribution in [0.2, 0.25) is 0 Å². The van der Waals surface area contributed by atoms with Gasteiger partial charge in [0.05, 0.1) is 29.4 Å². The summed E-state index contributed by atoms with van der Waals surface area (Å²) in [5, 5.41) is 12.6. The molecule has 2 aliphatic heterocycles. The van der Waals surface area contributed by atoms with Crippen LogP contribution in [0.3, 0.4) is 0 Å². The van der Waals surface area contributed by atoms with Crippen LogP contribution in [0, 0.1) is 16.0 Å². The second kappa shape index (κ2) is 8.03. The Bertz CT molecular complexity index is 1230. The van der Waals surface area contributed by atoms with E-state index in [-0.39, 0.29) is 11.4 Å².